The number of carbonyl (C=O) groups is 1. The summed E-state index contributed by atoms with van der Waals surface area (Å²) < 4.78 is 6.92. The first-order valence-corrected chi connectivity index (χ1v) is 10.1. The third-order valence-corrected chi connectivity index (χ3v) is 4.63. The summed E-state index contributed by atoms with van der Waals surface area (Å²) in [6.07, 6.45) is 1.61. The lowest BCUT2D eigenvalue weighted by atomic mass is 10.2. The van der Waals surface area contributed by atoms with Crippen LogP contribution in [0.5, 0.6) is 5.75 Å². The van der Waals surface area contributed by atoms with Crippen molar-refractivity contribution >= 4 is 51.1 Å². The van der Waals surface area contributed by atoms with Crippen LogP contribution in [0.2, 0.25) is 0 Å². The second-order valence-electron chi connectivity index (χ2n) is 6.17. The lowest BCUT2D eigenvalue weighted by molar-refractivity contribution is 0.0697. The molecule has 0 spiro atoms. The van der Waals surface area contributed by atoms with Gasteiger partial charge in [-0.2, -0.15) is 5.10 Å². The van der Waals surface area contributed by atoms with E-state index in [2.05, 4.69) is 31.8 Å². The van der Waals surface area contributed by atoms with Crippen LogP contribution in [-0.2, 0) is 6.61 Å². The minimum Gasteiger partial charge on any atom is -0.488 e. The zero-order chi connectivity index (χ0) is 21.3. The molecule has 0 aliphatic heterocycles. The predicted molar refractivity (Wildman–Crippen MR) is 125 cm³/mol. The summed E-state index contributed by atoms with van der Waals surface area (Å²) in [5.74, 6) is -0.314. The Balaban J connectivity index is 1.59. The highest BCUT2D eigenvalue weighted by atomic mass is 79.9. The molecule has 8 heteroatoms. The molecule has 0 atom stereocenters. The number of nitrogens with zero attached hydrogens (tertiary/aromatic N) is 1. The third kappa shape index (κ3) is 6.40. The molecule has 30 heavy (non-hydrogen) atoms. The van der Waals surface area contributed by atoms with Crippen LogP contribution in [0, 0.1) is 0 Å². The molecular formula is C22H18BrN3O3S. The highest BCUT2D eigenvalue weighted by molar-refractivity contribution is 9.10. The summed E-state index contributed by atoms with van der Waals surface area (Å²) in [5, 5.41) is 16.3. The number of halogens is 1. The van der Waals surface area contributed by atoms with Gasteiger partial charge in [0, 0.05) is 15.7 Å². The van der Waals surface area contributed by atoms with Crippen LogP contribution in [0.15, 0.2) is 82.4 Å². The molecule has 0 aliphatic carbocycles. The van der Waals surface area contributed by atoms with Crippen molar-refractivity contribution in [1.29, 1.82) is 0 Å². The summed E-state index contributed by atoms with van der Waals surface area (Å²) in [6, 6.07) is 21.8. The average Bonchev–Trinajstić information content (AvgIpc) is 2.73. The average molecular weight is 484 g/mol. The van der Waals surface area contributed by atoms with E-state index in [1.54, 1.807) is 18.3 Å². The molecule has 0 fully saturated rings. The molecule has 3 aromatic rings. The number of ether oxygens (including phenoxy) is 1. The molecule has 0 saturated carbocycles. The fourth-order valence-corrected chi connectivity index (χ4v) is 3.17. The smallest absolute Gasteiger partial charge is 0.335 e. The topological polar surface area (TPSA) is 83.0 Å². The summed E-state index contributed by atoms with van der Waals surface area (Å²) in [6.45, 7) is 0.428. The zero-order valence-corrected chi connectivity index (χ0v) is 18.1. The fourth-order valence-electron chi connectivity index (χ4n) is 2.56. The first-order chi connectivity index (χ1) is 14.5. The van der Waals surface area contributed by atoms with Gasteiger partial charge in [0.1, 0.15) is 12.4 Å². The summed E-state index contributed by atoms with van der Waals surface area (Å²) in [5.41, 5.74) is 5.27. The number of carboxylic acid groups (broad SMARTS) is 1. The van der Waals surface area contributed by atoms with Crippen LogP contribution in [-0.4, -0.2) is 22.4 Å². The number of para-hydroxylation sites is 1. The number of nitrogens with one attached hydrogen (secondary N) is 2. The molecule has 0 saturated heterocycles. The number of hydrazone groups is 1. The monoisotopic (exact) mass is 483 g/mol. The maximum absolute atomic E-state index is 11.0. The van der Waals surface area contributed by atoms with E-state index in [-0.39, 0.29) is 10.7 Å². The standard InChI is InChI=1S/C22H18BrN3O3S/c23-18-8-3-5-15(11-18)14-29-20-10-2-1-6-17(20)13-24-26-22(30)25-19-9-4-7-16(12-19)21(27)28/h1-13H,14H2,(H,27,28)(H2,25,26,30)/b24-13+. The van der Waals surface area contributed by atoms with Crippen molar-refractivity contribution < 1.29 is 14.6 Å². The number of aromatic carboxylic acids is 1. The fraction of sp³-hybridized carbons (Fsp3) is 0.0455. The van der Waals surface area contributed by atoms with Crippen molar-refractivity contribution in [2.24, 2.45) is 5.10 Å². The minimum atomic E-state index is -1.00. The lowest BCUT2D eigenvalue weighted by Gasteiger charge is -2.10. The van der Waals surface area contributed by atoms with Gasteiger partial charge in [-0.15, -0.1) is 0 Å². The molecule has 3 rings (SSSR count). The Bertz CT molecular complexity index is 1090. The second-order valence-corrected chi connectivity index (χ2v) is 7.49. The third-order valence-electron chi connectivity index (χ3n) is 3.94. The van der Waals surface area contributed by atoms with Gasteiger partial charge in [-0.05, 0) is 60.2 Å². The van der Waals surface area contributed by atoms with E-state index in [0.717, 1.165) is 15.6 Å². The van der Waals surface area contributed by atoms with Gasteiger partial charge in [-0.25, -0.2) is 4.79 Å². The first kappa shape index (κ1) is 21.5. The molecular weight excluding hydrogens is 466 g/mol. The van der Waals surface area contributed by atoms with E-state index in [9.17, 15) is 4.79 Å². The SMILES string of the molecule is O=C(O)c1cccc(NC(=S)N/N=C/c2ccccc2OCc2cccc(Br)c2)c1. The van der Waals surface area contributed by atoms with E-state index >= 15 is 0 Å². The predicted octanol–water partition coefficient (Wildman–Crippen LogP) is 5.05. The van der Waals surface area contributed by atoms with Gasteiger partial charge in [0.2, 0.25) is 0 Å². The number of hydrogen-bond donors (Lipinski definition) is 3. The van der Waals surface area contributed by atoms with Gasteiger partial charge in [0.25, 0.3) is 0 Å². The van der Waals surface area contributed by atoms with Crippen LogP contribution in [0.25, 0.3) is 0 Å². The molecule has 0 radical (unpaired) electrons. The Hall–Kier alpha value is -3.23. The number of anilines is 1. The Kier molecular flexibility index (Phi) is 7.53. The van der Waals surface area contributed by atoms with Crippen molar-refractivity contribution in [2.75, 3.05) is 5.32 Å². The first-order valence-electron chi connectivity index (χ1n) is 8.91. The Labute approximate surface area is 187 Å². The number of carboxylic acids is 1. The maximum atomic E-state index is 11.0. The minimum absolute atomic E-state index is 0.169. The molecule has 3 N–H and O–H groups in total. The highest BCUT2D eigenvalue weighted by Gasteiger charge is 2.05. The van der Waals surface area contributed by atoms with E-state index in [1.165, 1.54) is 12.1 Å². The Morgan fingerprint density at radius 3 is 2.70 bits per heavy atom. The Morgan fingerprint density at radius 1 is 1.10 bits per heavy atom. The van der Waals surface area contributed by atoms with Crippen LogP contribution in [0.4, 0.5) is 5.69 Å². The molecule has 6 nitrogen and oxygen atoms in total. The molecule has 0 aliphatic rings. The van der Waals surface area contributed by atoms with E-state index in [4.69, 9.17) is 22.1 Å². The largest absolute Gasteiger partial charge is 0.488 e. The van der Waals surface area contributed by atoms with Gasteiger partial charge in [-0.1, -0.05) is 46.3 Å². The quantitative estimate of drug-likeness (QED) is 0.248. The Morgan fingerprint density at radius 2 is 1.90 bits per heavy atom. The van der Waals surface area contributed by atoms with Gasteiger partial charge in [0.05, 0.1) is 11.8 Å². The maximum Gasteiger partial charge on any atom is 0.335 e. The normalized spacial score (nSPS) is 10.6. The van der Waals surface area contributed by atoms with Crippen molar-refractivity contribution in [2.45, 2.75) is 6.61 Å². The molecule has 0 heterocycles. The van der Waals surface area contributed by atoms with Crippen molar-refractivity contribution in [1.82, 2.24) is 5.43 Å². The van der Waals surface area contributed by atoms with Crippen molar-refractivity contribution in [3.63, 3.8) is 0 Å². The van der Waals surface area contributed by atoms with E-state index in [0.29, 0.717) is 18.0 Å². The van der Waals surface area contributed by atoms with Crippen molar-refractivity contribution in [3.8, 4) is 5.75 Å². The van der Waals surface area contributed by atoms with Gasteiger partial charge in [-0.3, -0.25) is 5.43 Å². The molecule has 0 bridgehead atoms. The summed E-state index contributed by atoms with van der Waals surface area (Å²) in [7, 11) is 0. The summed E-state index contributed by atoms with van der Waals surface area (Å²) >= 11 is 8.65. The number of hydrogen-bond acceptors (Lipinski definition) is 4. The second kappa shape index (κ2) is 10.5. The molecule has 0 aromatic heterocycles. The van der Waals surface area contributed by atoms with Crippen molar-refractivity contribution in [3.05, 3.63) is 94.0 Å². The van der Waals surface area contributed by atoms with Crippen LogP contribution in [0.3, 0.4) is 0 Å². The number of benzene rings is 3. The van der Waals surface area contributed by atoms with E-state index in [1.807, 2.05) is 48.5 Å². The van der Waals surface area contributed by atoms with Gasteiger partial charge in [0.15, 0.2) is 5.11 Å². The van der Waals surface area contributed by atoms with E-state index < -0.39 is 5.97 Å². The highest BCUT2D eigenvalue weighted by Crippen LogP contribution is 2.19. The molecule has 3 aromatic carbocycles. The molecule has 152 valence electrons. The zero-order valence-electron chi connectivity index (χ0n) is 15.7. The number of thiocarbonyl (C=S) groups is 1. The van der Waals surface area contributed by atoms with Crippen LogP contribution >= 0.6 is 28.1 Å². The van der Waals surface area contributed by atoms with Crippen LogP contribution < -0.4 is 15.5 Å². The van der Waals surface area contributed by atoms with Gasteiger partial charge >= 0.3 is 5.97 Å². The number of rotatable bonds is 7. The van der Waals surface area contributed by atoms with Crippen LogP contribution in [0.1, 0.15) is 21.5 Å². The molecule has 0 unspecified atom stereocenters. The molecule has 0 amide bonds. The van der Waals surface area contributed by atoms with Gasteiger partial charge < -0.3 is 15.2 Å². The lowest BCUT2D eigenvalue weighted by Crippen LogP contribution is -2.24. The summed E-state index contributed by atoms with van der Waals surface area (Å²) in [4.78, 5) is 11.0.